The summed E-state index contributed by atoms with van der Waals surface area (Å²) in [6.45, 7) is 0.505. The minimum absolute atomic E-state index is 0.00357. The Morgan fingerprint density at radius 2 is 2.08 bits per heavy atom. The van der Waals surface area contributed by atoms with Crippen LogP contribution in [0.3, 0.4) is 0 Å². The number of primary amides is 1. The molecule has 0 radical (unpaired) electrons. The number of carbonyl (C=O) groups is 2. The molecule has 4 rings (SSSR count). The number of aliphatic carboxylic acids is 1. The SMILES string of the molecule is NC(=O)Cc1nc2cc(F)c(N3CCCC3C(=O)O)cc2n1C1CC1. The Hall–Kier alpha value is -2.64. The van der Waals surface area contributed by atoms with Gasteiger partial charge < -0.3 is 20.3 Å². The highest BCUT2D eigenvalue weighted by molar-refractivity contribution is 5.85. The number of halogens is 1. The van der Waals surface area contributed by atoms with Crippen LogP contribution in [-0.4, -0.2) is 39.1 Å². The van der Waals surface area contributed by atoms with Crippen LogP contribution in [0.1, 0.15) is 37.5 Å². The van der Waals surface area contributed by atoms with Crippen molar-refractivity contribution in [2.24, 2.45) is 5.73 Å². The van der Waals surface area contributed by atoms with E-state index in [2.05, 4.69) is 4.98 Å². The average molecular weight is 346 g/mol. The normalized spacial score (nSPS) is 20.4. The number of anilines is 1. The fraction of sp³-hybridized carbons (Fsp3) is 0.471. The summed E-state index contributed by atoms with van der Waals surface area (Å²) in [7, 11) is 0. The molecule has 1 aromatic carbocycles. The van der Waals surface area contributed by atoms with Crippen molar-refractivity contribution in [1.29, 1.82) is 0 Å². The van der Waals surface area contributed by atoms with Crippen molar-refractivity contribution in [3.8, 4) is 0 Å². The minimum Gasteiger partial charge on any atom is -0.480 e. The van der Waals surface area contributed by atoms with E-state index < -0.39 is 23.7 Å². The molecular formula is C17H19FN4O3. The summed E-state index contributed by atoms with van der Waals surface area (Å²) < 4.78 is 16.6. The fourth-order valence-electron chi connectivity index (χ4n) is 3.71. The van der Waals surface area contributed by atoms with Crippen LogP contribution in [0.25, 0.3) is 11.0 Å². The summed E-state index contributed by atoms with van der Waals surface area (Å²) in [6, 6.07) is 2.52. The van der Waals surface area contributed by atoms with E-state index in [0.717, 1.165) is 18.4 Å². The number of carboxylic acid groups (broad SMARTS) is 1. The van der Waals surface area contributed by atoms with Gasteiger partial charge in [-0.25, -0.2) is 14.2 Å². The van der Waals surface area contributed by atoms with Crippen LogP contribution < -0.4 is 10.6 Å². The van der Waals surface area contributed by atoms with Gasteiger partial charge in [-0.2, -0.15) is 0 Å². The molecule has 1 aromatic heterocycles. The Bertz CT molecular complexity index is 874. The summed E-state index contributed by atoms with van der Waals surface area (Å²) in [5, 5.41) is 9.37. The smallest absolute Gasteiger partial charge is 0.326 e. The Morgan fingerprint density at radius 1 is 1.32 bits per heavy atom. The van der Waals surface area contributed by atoms with Gasteiger partial charge in [0.05, 0.1) is 23.1 Å². The molecule has 0 bridgehead atoms. The van der Waals surface area contributed by atoms with Gasteiger partial charge in [-0.1, -0.05) is 0 Å². The molecule has 7 nitrogen and oxygen atoms in total. The first kappa shape index (κ1) is 15.9. The second-order valence-corrected chi connectivity index (χ2v) is 6.75. The molecule has 2 fully saturated rings. The molecule has 1 amide bonds. The van der Waals surface area contributed by atoms with Crippen LogP contribution in [0.4, 0.5) is 10.1 Å². The molecule has 2 aliphatic rings. The highest BCUT2D eigenvalue weighted by atomic mass is 19.1. The Kier molecular flexibility index (Phi) is 3.63. The van der Waals surface area contributed by atoms with E-state index in [1.165, 1.54) is 6.07 Å². The van der Waals surface area contributed by atoms with Gasteiger partial charge in [-0.15, -0.1) is 0 Å². The highest BCUT2D eigenvalue weighted by Gasteiger charge is 2.34. The number of aromatic nitrogens is 2. The van der Waals surface area contributed by atoms with Gasteiger partial charge in [-0.3, -0.25) is 4.79 Å². The van der Waals surface area contributed by atoms with Crippen molar-refractivity contribution in [2.45, 2.75) is 44.2 Å². The third-order valence-corrected chi connectivity index (χ3v) is 4.92. The number of carboxylic acids is 1. The monoisotopic (exact) mass is 346 g/mol. The van der Waals surface area contributed by atoms with Crippen LogP contribution in [0.5, 0.6) is 0 Å². The van der Waals surface area contributed by atoms with E-state index in [1.807, 2.05) is 4.57 Å². The maximum absolute atomic E-state index is 14.7. The first-order chi connectivity index (χ1) is 12.0. The number of hydrogen-bond donors (Lipinski definition) is 2. The summed E-state index contributed by atoms with van der Waals surface area (Å²) in [5.74, 6) is -1.38. The Morgan fingerprint density at radius 3 is 2.72 bits per heavy atom. The lowest BCUT2D eigenvalue weighted by atomic mass is 10.2. The molecule has 25 heavy (non-hydrogen) atoms. The van der Waals surface area contributed by atoms with Crippen LogP contribution >= 0.6 is 0 Å². The van der Waals surface area contributed by atoms with Crippen molar-refractivity contribution >= 4 is 28.6 Å². The van der Waals surface area contributed by atoms with Gasteiger partial charge in [0.2, 0.25) is 5.91 Å². The summed E-state index contributed by atoms with van der Waals surface area (Å²) in [5.41, 5.74) is 6.78. The predicted molar refractivity (Wildman–Crippen MR) is 88.9 cm³/mol. The largest absolute Gasteiger partial charge is 0.480 e. The maximum Gasteiger partial charge on any atom is 0.326 e. The third kappa shape index (κ3) is 2.71. The van der Waals surface area contributed by atoms with E-state index in [1.54, 1.807) is 11.0 Å². The van der Waals surface area contributed by atoms with E-state index in [0.29, 0.717) is 30.7 Å². The number of nitrogens with two attached hydrogens (primary N) is 1. The van der Waals surface area contributed by atoms with Gasteiger partial charge in [0.25, 0.3) is 0 Å². The predicted octanol–water partition coefficient (Wildman–Crippen LogP) is 1.59. The van der Waals surface area contributed by atoms with Crippen LogP contribution in [0.2, 0.25) is 0 Å². The zero-order valence-electron chi connectivity index (χ0n) is 13.6. The van der Waals surface area contributed by atoms with E-state index in [4.69, 9.17) is 5.73 Å². The number of amides is 1. The van der Waals surface area contributed by atoms with E-state index in [-0.39, 0.29) is 18.2 Å². The average Bonchev–Trinajstić information content (AvgIpc) is 3.13. The second-order valence-electron chi connectivity index (χ2n) is 6.75. The lowest BCUT2D eigenvalue weighted by molar-refractivity contribution is -0.138. The van der Waals surface area contributed by atoms with Crippen LogP contribution in [0, 0.1) is 5.82 Å². The first-order valence-corrected chi connectivity index (χ1v) is 8.44. The molecule has 132 valence electrons. The molecular weight excluding hydrogens is 327 g/mol. The Labute approximate surface area is 143 Å². The van der Waals surface area contributed by atoms with Crippen molar-refractivity contribution < 1.29 is 19.1 Å². The third-order valence-electron chi connectivity index (χ3n) is 4.92. The number of fused-ring (bicyclic) bond motifs is 1. The van der Waals surface area contributed by atoms with Crippen LogP contribution in [-0.2, 0) is 16.0 Å². The number of carbonyl (C=O) groups excluding carboxylic acids is 1. The summed E-state index contributed by atoms with van der Waals surface area (Å²) >= 11 is 0. The van der Waals surface area contributed by atoms with E-state index >= 15 is 0 Å². The summed E-state index contributed by atoms with van der Waals surface area (Å²) in [4.78, 5) is 28.8. The topological polar surface area (TPSA) is 101 Å². The number of imidazole rings is 1. The zero-order valence-corrected chi connectivity index (χ0v) is 13.6. The Balaban J connectivity index is 1.84. The molecule has 0 spiro atoms. The van der Waals surface area contributed by atoms with Gasteiger partial charge in [0.1, 0.15) is 17.7 Å². The van der Waals surface area contributed by atoms with Gasteiger partial charge in [-0.05, 0) is 31.7 Å². The second kappa shape index (κ2) is 5.72. The van der Waals surface area contributed by atoms with Crippen molar-refractivity contribution in [1.82, 2.24) is 9.55 Å². The molecule has 1 saturated heterocycles. The lowest BCUT2D eigenvalue weighted by Crippen LogP contribution is -2.36. The number of hydrogen-bond acceptors (Lipinski definition) is 4. The first-order valence-electron chi connectivity index (χ1n) is 8.44. The molecule has 2 heterocycles. The molecule has 1 saturated carbocycles. The molecule has 1 unspecified atom stereocenters. The number of rotatable bonds is 5. The van der Waals surface area contributed by atoms with Crippen LogP contribution in [0.15, 0.2) is 12.1 Å². The highest BCUT2D eigenvalue weighted by Crippen LogP contribution is 2.40. The van der Waals surface area contributed by atoms with Gasteiger partial charge in [0.15, 0.2) is 0 Å². The molecule has 1 aliphatic heterocycles. The molecule has 2 aromatic rings. The molecule has 1 atom stereocenters. The maximum atomic E-state index is 14.7. The van der Waals surface area contributed by atoms with Crippen molar-refractivity contribution in [2.75, 3.05) is 11.4 Å². The molecule has 1 aliphatic carbocycles. The van der Waals surface area contributed by atoms with Crippen molar-refractivity contribution in [3.05, 3.63) is 23.8 Å². The van der Waals surface area contributed by atoms with Crippen molar-refractivity contribution in [3.63, 3.8) is 0 Å². The number of benzene rings is 1. The standard InChI is InChI=1S/C17H19FN4O3/c18-10-6-11-14(7-13(10)21-5-1-2-12(21)17(24)25)22(9-3-4-9)16(20-11)8-15(19)23/h6-7,9,12H,1-5,8H2,(H2,19,23)(H,24,25). The molecule has 3 N–H and O–H groups in total. The number of nitrogens with zero attached hydrogens (tertiary/aromatic N) is 3. The van der Waals surface area contributed by atoms with E-state index in [9.17, 15) is 19.1 Å². The lowest BCUT2D eigenvalue weighted by Gasteiger charge is -2.24. The van der Waals surface area contributed by atoms with Gasteiger partial charge in [0, 0.05) is 18.7 Å². The summed E-state index contributed by atoms with van der Waals surface area (Å²) in [6.07, 6.45) is 3.17. The minimum atomic E-state index is -0.942. The quantitative estimate of drug-likeness (QED) is 0.856. The van der Waals surface area contributed by atoms with Gasteiger partial charge >= 0.3 is 5.97 Å². The molecule has 8 heteroatoms. The fourth-order valence-corrected chi connectivity index (χ4v) is 3.71. The zero-order chi connectivity index (χ0) is 17.7.